The molecule has 0 bridgehead atoms. The van der Waals surface area contributed by atoms with Crippen molar-refractivity contribution in [3.8, 4) is 0 Å². The summed E-state index contributed by atoms with van der Waals surface area (Å²) in [4.78, 5) is 2.22. The predicted molar refractivity (Wildman–Crippen MR) is 85.5 cm³/mol. The molecular formula is C16H24N4. The molecule has 0 aliphatic heterocycles. The highest BCUT2D eigenvalue weighted by Gasteiger charge is 2.19. The summed E-state index contributed by atoms with van der Waals surface area (Å²) in [6.07, 6.45) is 1.97. The van der Waals surface area contributed by atoms with Crippen LogP contribution in [0.15, 0.2) is 24.3 Å². The predicted octanol–water partition coefficient (Wildman–Crippen LogP) is 3.42. The minimum atomic E-state index is 0.803. The van der Waals surface area contributed by atoms with Crippen molar-refractivity contribution in [1.29, 1.82) is 0 Å². The fraction of sp³-hybridized carbons (Fsp3) is 0.438. The Morgan fingerprint density at radius 3 is 2.65 bits per heavy atom. The number of aromatic nitrogens is 2. The summed E-state index contributed by atoms with van der Waals surface area (Å²) in [6, 6.07) is 8.47. The average molecular weight is 272 g/mol. The summed E-state index contributed by atoms with van der Waals surface area (Å²) < 4.78 is 1.90. The molecule has 108 valence electrons. The minimum absolute atomic E-state index is 0.803. The van der Waals surface area contributed by atoms with Gasteiger partial charge in [-0.25, -0.2) is 0 Å². The molecule has 4 heteroatoms. The largest absolute Gasteiger partial charge is 0.394 e. The quantitative estimate of drug-likeness (QED) is 0.907. The summed E-state index contributed by atoms with van der Waals surface area (Å²) in [5.41, 5.74) is 10.5. The van der Waals surface area contributed by atoms with Crippen molar-refractivity contribution >= 4 is 17.2 Å². The highest BCUT2D eigenvalue weighted by molar-refractivity contribution is 5.73. The molecule has 0 saturated heterocycles. The van der Waals surface area contributed by atoms with Crippen LogP contribution in [0.2, 0.25) is 0 Å². The SMILES string of the molecule is CCCc1nn(C)c(N(CC)c2cccc(C)c2)c1N. The first kappa shape index (κ1) is 14.4. The number of nitrogens with two attached hydrogens (primary N) is 1. The molecule has 0 radical (unpaired) electrons. The zero-order chi connectivity index (χ0) is 14.7. The lowest BCUT2D eigenvalue weighted by Gasteiger charge is -2.24. The molecule has 0 saturated carbocycles. The summed E-state index contributed by atoms with van der Waals surface area (Å²) in [5, 5.41) is 4.57. The molecule has 2 rings (SSSR count). The first-order chi connectivity index (χ1) is 9.58. The van der Waals surface area contributed by atoms with Gasteiger partial charge in [-0.1, -0.05) is 25.5 Å². The van der Waals surface area contributed by atoms with Gasteiger partial charge >= 0.3 is 0 Å². The molecule has 0 aliphatic rings. The van der Waals surface area contributed by atoms with E-state index in [1.54, 1.807) is 0 Å². The average Bonchev–Trinajstić information content (AvgIpc) is 2.68. The molecule has 2 N–H and O–H groups in total. The van der Waals surface area contributed by atoms with Crippen LogP contribution in [0, 0.1) is 6.92 Å². The van der Waals surface area contributed by atoms with Crippen LogP contribution in [-0.2, 0) is 13.5 Å². The highest BCUT2D eigenvalue weighted by Crippen LogP contribution is 2.32. The van der Waals surface area contributed by atoms with Gasteiger partial charge in [-0.3, -0.25) is 4.68 Å². The number of hydrogen-bond donors (Lipinski definition) is 1. The van der Waals surface area contributed by atoms with Crippen molar-refractivity contribution in [3.05, 3.63) is 35.5 Å². The van der Waals surface area contributed by atoms with Crippen LogP contribution < -0.4 is 10.6 Å². The Morgan fingerprint density at radius 1 is 1.30 bits per heavy atom. The van der Waals surface area contributed by atoms with Crippen molar-refractivity contribution < 1.29 is 0 Å². The zero-order valence-corrected chi connectivity index (χ0v) is 12.8. The normalized spacial score (nSPS) is 10.8. The Kier molecular flexibility index (Phi) is 4.32. The molecule has 20 heavy (non-hydrogen) atoms. The van der Waals surface area contributed by atoms with Gasteiger partial charge in [0.15, 0.2) is 5.82 Å². The first-order valence-electron chi connectivity index (χ1n) is 7.24. The smallest absolute Gasteiger partial charge is 0.154 e. The standard InChI is InChI=1S/C16H24N4/c1-5-8-14-15(17)16(19(4)18-14)20(6-2)13-10-7-9-12(3)11-13/h7,9-11H,5-6,8,17H2,1-4H3. The van der Waals surface area contributed by atoms with E-state index in [-0.39, 0.29) is 0 Å². The van der Waals surface area contributed by atoms with Crippen LogP contribution in [0.25, 0.3) is 0 Å². The Balaban J connectivity index is 2.47. The molecule has 0 fully saturated rings. The van der Waals surface area contributed by atoms with Gasteiger partial charge in [0, 0.05) is 19.3 Å². The van der Waals surface area contributed by atoms with Crippen LogP contribution in [0.3, 0.4) is 0 Å². The van der Waals surface area contributed by atoms with E-state index in [2.05, 4.69) is 55.0 Å². The molecule has 1 aromatic carbocycles. The van der Waals surface area contributed by atoms with Crippen molar-refractivity contribution in [2.75, 3.05) is 17.2 Å². The van der Waals surface area contributed by atoms with E-state index in [9.17, 15) is 0 Å². The second kappa shape index (κ2) is 5.99. The third kappa shape index (κ3) is 2.64. The molecular weight excluding hydrogens is 248 g/mol. The van der Waals surface area contributed by atoms with Crippen LogP contribution in [0.4, 0.5) is 17.2 Å². The van der Waals surface area contributed by atoms with Crippen molar-refractivity contribution in [1.82, 2.24) is 9.78 Å². The Morgan fingerprint density at radius 2 is 2.05 bits per heavy atom. The summed E-state index contributed by atoms with van der Waals surface area (Å²) >= 11 is 0. The fourth-order valence-corrected chi connectivity index (χ4v) is 2.58. The number of aryl methyl sites for hydroxylation is 3. The van der Waals surface area contributed by atoms with Crippen LogP contribution in [-0.4, -0.2) is 16.3 Å². The number of benzene rings is 1. The molecule has 0 atom stereocenters. The topological polar surface area (TPSA) is 47.1 Å². The summed E-state index contributed by atoms with van der Waals surface area (Å²) in [7, 11) is 1.96. The van der Waals surface area contributed by atoms with E-state index in [1.165, 1.54) is 5.56 Å². The lowest BCUT2D eigenvalue weighted by Crippen LogP contribution is -2.20. The minimum Gasteiger partial charge on any atom is -0.394 e. The fourth-order valence-electron chi connectivity index (χ4n) is 2.58. The van der Waals surface area contributed by atoms with Gasteiger partial charge in [-0.15, -0.1) is 0 Å². The maximum absolute atomic E-state index is 6.32. The second-order valence-corrected chi connectivity index (χ2v) is 5.14. The summed E-state index contributed by atoms with van der Waals surface area (Å²) in [5.74, 6) is 0.988. The summed E-state index contributed by atoms with van der Waals surface area (Å²) in [6.45, 7) is 7.24. The van der Waals surface area contributed by atoms with Gasteiger partial charge < -0.3 is 10.6 Å². The number of anilines is 3. The van der Waals surface area contributed by atoms with E-state index in [0.29, 0.717) is 0 Å². The molecule has 0 amide bonds. The number of nitrogens with zero attached hydrogens (tertiary/aromatic N) is 3. The van der Waals surface area contributed by atoms with Crippen molar-refractivity contribution in [2.24, 2.45) is 7.05 Å². The monoisotopic (exact) mass is 272 g/mol. The lowest BCUT2D eigenvalue weighted by molar-refractivity contribution is 0.723. The molecule has 4 nitrogen and oxygen atoms in total. The number of hydrogen-bond acceptors (Lipinski definition) is 3. The molecule has 1 heterocycles. The van der Waals surface area contributed by atoms with Gasteiger partial charge in [0.25, 0.3) is 0 Å². The van der Waals surface area contributed by atoms with E-state index >= 15 is 0 Å². The number of rotatable bonds is 5. The second-order valence-electron chi connectivity index (χ2n) is 5.14. The van der Waals surface area contributed by atoms with Gasteiger partial charge in [0.2, 0.25) is 0 Å². The van der Waals surface area contributed by atoms with E-state index in [0.717, 1.165) is 42.3 Å². The number of nitrogen functional groups attached to an aromatic ring is 1. The van der Waals surface area contributed by atoms with Gasteiger partial charge in [0.1, 0.15) is 0 Å². The molecule has 0 aliphatic carbocycles. The van der Waals surface area contributed by atoms with Crippen LogP contribution in [0.5, 0.6) is 0 Å². The highest BCUT2D eigenvalue weighted by atomic mass is 15.4. The Hall–Kier alpha value is -1.97. The zero-order valence-electron chi connectivity index (χ0n) is 12.8. The Labute approximate surface area is 121 Å². The maximum atomic E-state index is 6.32. The van der Waals surface area contributed by atoms with Gasteiger partial charge in [0.05, 0.1) is 11.4 Å². The first-order valence-corrected chi connectivity index (χ1v) is 7.24. The molecule has 0 spiro atoms. The van der Waals surface area contributed by atoms with Crippen molar-refractivity contribution in [3.63, 3.8) is 0 Å². The third-order valence-electron chi connectivity index (χ3n) is 3.50. The molecule has 0 unspecified atom stereocenters. The van der Waals surface area contributed by atoms with E-state index in [4.69, 9.17) is 5.73 Å². The Bertz CT molecular complexity index is 586. The van der Waals surface area contributed by atoms with Crippen LogP contribution >= 0.6 is 0 Å². The molecule has 2 aromatic rings. The molecule has 1 aromatic heterocycles. The van der Waals surface area contributed by atoms with Crippen LogP contribution in [0.1, 0.15) is 31.5 Å². The van der Waals surface area contributed by atoms with Gasteiger partial charge in [-0.05, 0) is 38.0 Å². The van der Waals surface area contributed by atoms with E-state index < -0.39 is 0 Å². The van der Waals surface area contributed by atoms with E-state index in [1.807, 2.05) is 11.7 Å². The van der Waals surface area contributed by atoms with Crippen molar-refractivity contribution in [2.45, 2.75) is 33.6 Å². The maximum Gasteiger partial charge on any atom is 0.154 e. The lowest BCUT2D eigenvalue weighted by atomic mass is 10.2. The van der Waals surface area contributed by atoms with Gasteiger partial charge in [-0.2, -0.15) is 5.10 Å². The third-order valence-corrected chi connectivity index (χ3v) is 3.50.